The van der Waals surface area contributed by atoms with Crippen LogP contribution in [0.1, 0.15) is 77.6 Å². The molecule has 6 nitrogen and oxygen atoms in total. The average molecular weight is 381 g/mol. The average Bonchev–Trinajstić information content (AvgIpc) is 3.02. The molecule has 2 aliphatic carbocycles. The van der Waals surface area contributed by atoms with E-state index in [0.29, 0.717) is 29.5 Å². The Bertz CT molecular complexity index is 612. The van der Waals surface area contributed by atoms with Crippen molar-refractivity contribution in [3.63, 3.8) is 0 Å². The van der Waals surface area contributed by atoms with Gasteiger partial charge in [0.25, 0.3) is 0 Å². The summed E-state index contributed by atoms with van der Waals surface area (Å²) in [4.78, 5) is 27.2. The summed E-state index contributed by atoms with van der Waals surface area (Å²) in [5, 5.41) is 7.26. The molecule has 0 atom stereocenters. The Morgan fingerprint density at radius 3 is 2.23 bits per heavy atom. The molecule has 3 rings (SSSR count). The van der Waals surface area contributed by atoms with Gasteiger partial charge in [0.05, 0.1) is 5.75 Å². The highest BCUT2D eigenvalue weighted by Gasteiger charge is 2.32. The van der Waals surface area contributed by atoms with Crippen molar-refractivity contribution >= 4 is 17.7 Å². The third-order valence-electron chi connectivity index (χ3n) is 5.72. The Morgan fingerprint density at radius 2 is 1.69 bits per heavy atom. The summed E-state index contributed by atoms with van der Waals surface area (Å²) in [5.74, 6) is 0.605. The third kappa shape index (κ3) is 4.72. The molecule has 7 heteroatoms. The normalized spacial score (nSPS) is 19.6. The maximum atomic E-state index is 13.2. The molecule has 1 aromatic heterocycles. The topological polar surface area (TPSA) is 71.0 Å². The number of nitrogens with one attached hydrogen (secondary N) is 1. The third-order valence-corrected chi connectivity index (χ3v) is 6.68. The van der Waals surface area contributed by atoms with Crippen LogP contribution in [0.3, 0.4) is 0 Å². The number of amides is 1. The predicted octanol–water partition coefficient (Wildman–Crippen LogP) is 3.57. The summed E-state index contributed by atoms with van der Waals surface area (Å²) < 4.78 is 1.64. The highest BCUT2D eigenvalue weighted by atomic mass is 32.2. The summed E-state index contributed by atoms with van der Waals surface area (Å²) in [7, 11) is 0. The molecule has 1 heterocycles. The Hall–Kier alpha value is -1.24. The predicted molar refractivity (Wildman–Crippen MR) is 104 cm³/mol. The minimum absolute atomic E-state index is 0.182. The number of carbonyl (C=O) groups excluding carboxylic acids is 1. The van der Waals surface area contributed by atoms with Gasteiger partial charge >= 0.3 is 5.69 Å². The molecule has 1 aromatic rings. The minimum atomic E-state index is -0.182. The van der Waals surface area contributed by atoms with E-state index in [0.717, 1.165) is 32.1 Å². The lowest BCUT2D eigenvalue weighted by atomic mass is 9.88. The van der Waals surface area contributed by atoms with Crippen LogP contribution in [0.5, 0.6) is 0 Å². The monoisotopic (exact) mass is 380 g/mol. The standard InChI is InChI=1S/C19H32N4O2S/c1-2-13-22-18(25)20-21-19(22)26-14-17(24)23(15-9-5-3-6-10-15)16-11-7-4-8-12-16/h15-16H,2-14H2,1H3,(H,20,25). The van der Waals surface area contributed by atoms with Gasteiger partial charge in [0.2, 0.25) is 5.91 Å². The summed E-state index contributed by atoms with van der Waals surface area (Å²) in [6.45, 7) is 2.67. The summed E-state index contributed by atoms with van der Waals surface area (Å²) >= 11 is 1.40. The Kier molecular flexibility index (Phi) is 7.23. The Balaban J connectivity index is 1.67. The fraction of sp³-hybridized carbons (Fsp3) is 0.842. The summed E-state index contributed by atoms with van der Waals surface area (Å²) in [5.41, 5.74) is -0.182. The van der Waals surface area contributed by atoms with Crippen LogP contribution in [0.25, 0.3) is 0 Å². The fourth-order valence-corrected chi connectivity index (χ4v) is 5.30. The van der Waals surface area contributed by atoms with E-state index in [-0.39, 0.29) is 11.6 Å². The van der Waals surface area contributed by atoms with E-state index < -0.39 is 0 Å². The molecule has 0 saturated heterocycles. The number of hydrogen-bond donors (Lipinski definition) is 1. The van der Waals surface area contributed by atoms with Crippen molar-refractivity contribution in [3.8, 4) is 0 Å². The Labute approximate surface area is 160 Å². The van der Waals surface area contributed by atoms with Crippen molar-refractivity contribution in [2.75, 3.05) is 5.75 Å². The van der Waals surface area contributed by atoms with Gasteiger partial charge in [-0.05, 0) is 32.1 Å². The van der Waals surface area contributed by atoms with E-state index >= 15 is 0 Å². The van der Waals surface area contributed by atoms with Crippen LogP contribution >= 0.6 is 11.8 Å². The van der Waals surface area contributed by atoms with Gasteiger partial charge in [-0.25, -0.2) is 9.89 Å². The number of aromatic amines is 1. The molecule has 146 valence electrons. The van der Waals surface area contributed by atoms with Crippen molar-refractivity contribution in [3.05, 3.63) is 10.5 Å². The van der Waals surface area contributed by atoms with Crippen LogP contribution in [0.15, 0.2) is 9.95 Å². The van der Waals surface area contributed by atoms with Gasteiger partial charge in [-0.3, -0.25) is 9.36 Å². The number of hydrogen-bond acceptors (Lipinski definition) is 4. The van der Waals surface area contributed by atoms with Crippen molar-refractivity contribution in [2.45, 2.75) is 101 Å². The van der Waals surface area contributed by atoms with Crippen molar-refractivity contribution in [2.24, 2.45) is 0 Å². The zero-order valence-corrected chi connectivity index (χ0v) is 16.7. The molecular weight excluding hydrogens is 348 g/mol. The molecule has 1 amide bonds. The zero-order chi connectivity index (χ0) is 18.4. The van der Waals surface area contributed by atoms with E-state index in [1.54, 1.807) is 4.57 Å². The molecule has 2 saturated carbocycles. The lowest BCUT2D eigenvalue weighted by Crippen LogP contribution is -2.49. The molecule has 26 heavy (non-hydrogen) atoms. The second kappa shape index (κ2) is 9.62. The first-order valence-electron chi connectivity index (χ1n) is 10.3. The Morgan fingerprint density at radius 1 is 1.12 bits per heavy atom. The van der Waals surface area contributed by atoms with Gasteiger partial charge in [-0.15, -0.1) is 5.10 Å². The van der Waals surface area contributed by atoms with E-state index in [1.165, 1.54) is 50.3 Å². The summed E-state index contributed by atoms with van der Waals surface area (Å²) in [6.07, 6.45) is 13.0. The maximum absolute atomic E-state index is 13.2. The fourth-order valence-electron chi connectivity index (χ4n) is 4.46. The zero-order valence-electron chi connectivity index (χ0n) is 15.9. The van der Waals surface area contributed by atoms with E-state index in [9.17, 15) is 9.59 Å². The van der Waals surface area contributed by atoms with Gasteiger partial charge in [-0.2, -0.15) is 0 Å². The SMILES string of the molecule is CCCn1c(SCC(=O)N(C2CCCCC2)C2CCCCC2)n[nH]c1=O. The van der Waals surface area contributed by atoms with Gasteiger partial charge in [0.15, 0.2) is 5.16 Å². The number of aromatic nitrogens is 3. The van der Waals surface area contributed by atoms with Gasteiger partial charge in [0.1, 0.15) is 0 Å². The van der Waals surface area contributed by atoms with Crippen molar-refractivity contribution in [1.82, 2.24) is 19.7 Å². The molecule has 0 unspecified atom stereocenters. The van der Waals surface area contributed by atoms with Gasteiger partial charge < -0.3 is 4.90 Å². The largest absolute Gasteiger partial charge is 0.343 e. The first-order chi connectivity index (χ1) is 12.7. The molecule has 0 radical (unpaired) electrons. The molecule has 2 aliphatic rings. The molecule has 0 bridgehead atoms. The highest BCUT2D eigenvalue weighted by molar-refractivity contribution is 7.99. The number of rotatable bonds is 7. The molecule has 1 N–H and O–H groups in total. The quantitative estimate of drug-likeness (QED) is 0.734. The number of nitrogens with zero attached hydrogens (tertiary/aromatic N) is 3. The second-order valence-corrected chi connectivity index (χ2v) is 8.58. The van der Waals surface area contributed by atoms with Crippen LogP contribution in [0.2, 0.25) is 0 Å². The molecule has 0 aromatic carbocycles. The van der Waals surface area contributed by atoms with Crippen LogP contribution < -0.4 is 5.69 Å². The number of thioether (sulfide) groups is 1. The molecule has 0 spiro atoms. The summed E-state index contributed by atoms with van der Waals surface area (Å²) in [6, 6.07) is 0.828. The molecular formula is C19H32N4O2S. The van der Waals surface area contributed by atoms with Crippen LogP contribution in [0.4, 0.5) is 0 Å². The van der Waals surface area contributed by atoms with Crippen molar-refractivity contribution < 1.29 is 4.79 Å². The van der Waals surface area contributed by atoms with Crippen molar-refractivity contribution in [1.29, 1.82) is 0 Å². The van der Waals surface area contributed by atoms with E-state index in [1.807, 2.05) is 6.92 Å². The number of H-pyrrole nitrogens is 1. The van der Waals surface area contributed by atoms with Crippen LogP contribution in [-0.2, 0) is 11.3 Å². The first-order valence-corrected chi connectivity index (χ1v) is 11.3. The minimum Gasteiger partial charge on any atom is -0.336 e. The second-order valence-electron chi connectivity index (χ2n) is 7.64. The van der Waals surface area contributed by atoms with Crippen LogP contribution in [-0.4, -0.2) is 43.4 Å². The molecule has 2 fully saturated rings. The highest BCUT2D eigenvalue weighted by Crippen LogP contribution is 2.31. The van der Waals surface area contributed by atoms with Gasteiger partial charge in [-0.1, -0.05) is 57.2 Å². The molecule has 0 aliphatic heterocycles. The maximum Gasteiger partial charge on any atom is 0.343 e. The van der Waals surface area contributed by atoms with E-state index in [4.69, 9.17) is 0 Å². The van der Waals surface area contributed by atoms with E-state index in [2.05, 4.69) is 15.1 Å². The number of carbonyl (C=O) groups is 1. The first kappa shape index (κ1) is 19.5. The lowest BCUT2D eigenvalue weighted by molar-refractivity contribution is -0.135. The van der Waals surface area contributed by atoms with Crippen LogP contribution in [0, 0.1) is 0 Å². The van der Waals surface area contributed by atoms with Gasteiger partial charge in [0, 0.05) is 18.6 Å². The smallest absolute Gasteiger partial charge is 0.336 e. The lowest BCUT2D eigenvalue weighted by Gasteiger charge is -2.41.